The summed E-state index contributed by atoms with van der Waals surface area (Å²) in [5.74, 6) is -0.177. The maximum Gasteiger partial charge on any atom is 0.326 e. The lowest BCUT2D eigenvalue weighted by Gasteiger charge is -2.33. The predicted octanol–water partition coefficient (Wildman–Crippen LogP) is 1.28. The van der Waals surface area contributed by atoms with Crippen LogP contribution in [0.25, 0.3) is 22.1 Å². The molecule has 1 saturated heterocycles. The fraction of sp³-hybridized carbons (Fsp3) is 0.375. The van der Waals surface area contributed by atoms with Gasteiger partial charge in [-0.05, 0) is 18.9 Å². The van der Waals surface area contributed by atoms with Gasteiger partial charge in [-0.25, -0.2) is 9.78 Å². The Labute approximate surface area is 136 Å². The normalized spacial score (nSPS) is 18.1. The van der Waals surface area contributed by atoms with Crippen molar-refractivity contribution in [2.24, 2.45) is 0 Å². The lowest BCUT2D eigenvalue weighted by atomic mass is 10.0. The molecule has 4 rings (SSSR count). The number of aromatic nitrogens is 4. The monoisotopic (exact) mass is 324 g/mol. The van der Waals surface area contributed by atoms with Gasteiger partial charge in [-0.2, -0.15) is 5.26 Å². The molecule has 3 aromatic heterocycles. The summed E-state index contributed by atoms with van der Waals surface area (Å²) < 4.78 is 1.74. The number of likely N-dealkylation sites (tertiary alicyclic amines) is 1. The van der Waals surface area contributed by atoms with E-state index >= 15 is 0 Å². The molecule has 0 aliphatic carbocycles. The maximum atomic E-state index is 12.5. The van der Waals surface area contributed by atoms with Crippen molar-refractivity contribution in [3.63, 3.8) is 0 Å². The summed E-state index contributed by atoms with van der Waals surface area (Å²) in [4.78, 5) is 36.4. The van der Waals surface area contributed by atoms with Crippen LogP contribution in [0, 0.1) is 11.3 Å². The van der Waals surface area contributed by atoms with Gasteiger partial charge in [0, 0.05) is 24.7 Å². The minimum Gasteiger partial charge on any atom is -0.346 e. The number of aromatic amines is 2. The van der Waals surface area contributed by atoms with Gasteiger partial charge in [0.2, 0.25) is 5.91 Å². The highest BCUT2D eigenvalue weighted by atomic mass is 16.2. The summed E-state index contributed by atoms with van der Waals surface area (Å²) in [5.41, 5.74) is 2.03. The van der Waals surface area contributed by atoms with Crippen LogP contribution in [-0.4, -0.2) is 43.4 Å². The van der Waals surface area contributed by atoms with Crippen molar-refractivity contribution in [1.82, 2.24) is 24.4 Å². The zero-order valence-electron chi connectivity index (χ0n) is 13.0. The Morgan fingerprint density at radius 2 is 2.38 bits per heavy atom. The first kappa shape index (κ1) is 14.5. The molecule has 3 aromatic rings. The number of H-pyrrole nitrogens is 2. The third kappa shape index (κ3) is 2.17. The fourth-order valence-corrected chi connectivity index (χ4v) is 3.54. The second-order valence-corrected chi connectivity index (χ2v) is 6.03. The van der Waals surface area contributed by atoms with Crippen LogP contribution >= 0.6 is 0 Å². The molecule has 0 unspecified atom stereocenters. The van der Waals surface area contributed by atoms with Crippen LogP contribution in [0.2, 0.25) is 0 Å². The highest BCUT2D eigenvalue weighted by Gasteiger charge is 2.27. The molecule has 1 aliphatic heterocycles. The van der Waals surface area contributed by atoms with Crippen molar-refractivity contribution in [2.45, 2.75) is 25.3 Å². The van der Waals surface area contributed by atoms with E-state index in [2.05, 4.69) is 15.0 Å². The van der Waals surface area contributed by atoms with Gasteiger partial charge in [-0.15, -0.1) is 0 Å². The van der Waals surface area contributed by atoms with Crippen molar-refractivity contribution in [3.8, 4) is 6.07 Å². The smallest absolute Gasteiger partial charge is 0.326 e. The lowest BCUT2D eigenvalue weighted by Crippen LogP contribution is -2.42. The van der Waals surface area contributed by atoms with Gasteiger partial charge < -0.3 is 14.9 Å². The van der Waals surface area contributed by atoms with Crippen LogP contribution in [0.5, 0.6) is 0 Å². The third-order valence-electron chi connectivity index (χ3n) is 4.60. The molecule has 1 atom stereocenters. The Bertz CT molecular complexity index is 1020. The first-order valence-corrected chi connectivity index (χ1v) is 7.90. The van der Waals surface area contributed by atoms with E-state index in [4.69, 9.17) is 5.26 Å². The van der Waals surface area contributed by atoms with Crippen LogP contribution < -0.4 is 5.69 Å². The van der Waals surface area contributed by atoms with Crippen molar-refractivity contribution >= 4 is 28.0 Å². The summed E-state index contributed by atoms with van der Waals surface area (Å²) in [6.07, 6.45) is 4.94. The summed E-state index contributed by atoms with van der Waals surface area (Å²) in [6, 6.07) is 3.69. The summed E-state index contributed by atoms with van der Waals surface area (Å²) in [5, 5.41) is 9.61. The summed E-state index contributed by atoms with van der Waals surface area (Å²) in [6.45, 7) is 1.08. The van der Waals surface area contributed by atoms with Gasteiger partial charge >= 0.3 is 5.69 Å². The standard InChI is InChI=1S/C16H16N6O2/c17-5-3-13(23)21-7-1-2-10(9-21)22-14-11-4-6-18-15(11)19-8-12(14)20-16(22)24/h4,6,8,10H,1-3,7,9H2,(H,18,19)(H,20,24)/t10-/m0/s1. The average molecular weight is 324 g/mol. The average Bonchev–Trinajstić information content (AvgIpc) is 3.18. The first-order valence-electron chi connectivity index (χ1n) is 7.90. The number of fused-ring (bicyclic) bond motifs is 3. The number of imidazole rings is 1. The van der Waals surface area contributed by atoms with E-state index in [-0.39, 0.29) is 24.1 Å². The lowest BCUT2D eigenvalue weighted by molar-refractivity contribution is -0.131. The Balaban J connectivity index is 1.80. The number of nitriles is 1. The SMILES string of the molecule is N#CCC(=O)N1CCC[C@H](n2c(=O)[nH]c3cnc4[nH]ccc4c32)C1. The Kier molecular flexibility index (Phi) is 3.34. The number of amides is 1. The third-order valence-corrected chi connectivity index (χ3v) is 4.60. The van der Waals surface area contributed by atoms with E-state index in [1.807, 2.05) is 12.1 Å². The number of carbonyl (C=O) groups is 1. The Morgan fingerprint density at radius 1 is 1.50 bits per heavy atom. The molecule has 0 bridgehead atoms. The van der Waals surface area contributed by atoms with E-state index < -0.39 is 0 Å². The van der Waals surface area contributed by atoms with E-state index in [1.54, 1.807) is 21.9 Å². The molecule has 24 heavy (non-hydrogen) atoms. The molecule has 2 N–H and O–H groups in total. The fourth-order valence-electron chi connectivity index (χ4n) is 3.54. The van der Waals surface area contributed by atoms with E-state index in [0.717, 1.165) is 29.4 Å². The molecular formula is C16H16N6O2. The molecule has 4 heterocycles. The highest BCUT2D eigenvalue weighted by molar-refractivity contribution is 6.00. The van der Waals surface area contributed by atoms with Crippen LogP contribution in [0.4, 0.5) is 0 Å². The van der Waals surface area contributed by atoms with Crippen molar-refractivity contribution in [3.05, 3.63) is 28.9 Å². The zero-order chi connectivity index (χ0) is 16.7. The quantitative estimate of drug-likeness (QED) is 0.739. The van der Waals surface area contributed by atoms with Gasteiger partial charge in [0.05, 0.1) is 29.3 Å². The van der Waals surface area contributed by atoms with Gasteiger partial charge in [0.25, 0.3) is 0 Å². The molecule has 1 aliphatic rings. The molecule has 1 amide bonds. The van der Waals surface area contributed by atoms with Gasteiger partial charge in [0.1, 0.15) is 12.1 Å². The van der Waals surface area contributed by atoms with Crippen molar-refractivity contribution in [2.75, 3.05) is 13.1 Å². The van der Waals surface area contributed by atoms with E-state index in [1.165, 1.54) is 0 Å². The molecule has 8 heteroatoms. The minimum atomic E-state index is -0.194. The number of nitrogens with zero attached hydrogens (tertiary/aromatic N) is 4. The number of nitrogens with one attached hydrogen (secondary N) is 2. The van der Waals surface area contributed by atoms with Crippen LogP contribution in [0.3, 0.4) is 0 Å². The largest absolute Gasteiger partial charge is 0.346 e. The predicted molar refractivity (Wildman–Crippen MR) is 87.3 cm³/mol. The maximum absolute atomic E-state index is 12.5. The van der Waals surface area contributed by atoms with Gasteiger partial charge in [-0.1, -0.05) is 0 Å². The second-order valence-electron chi connectivity index (χ2n) is 6.03. The molecule has 0 spiro atoms. The Hall–Kier alpha value is -3.08. The summed E-state index contributed by atoms with van der Waals surface area (Å²) in [7, 11) is 0. The molecule has 122 valence electrons. The van der Waals surface area contributed by atoms with E-state index in [0.29, 0.717) is 18.6 Å². The van der Waals surface area contributed by atoms with Gasteiger partial charge in [-0.3, -0.25) is 9.36 Å². The number of rotatable bonds is 2. The van der Waals surface area contributed by atoms with Crippen LogP contribution in [0.1, 0.15) is 25.3 Å². The topological polar surface area (TPSA) is 111 Å². The molecule has 1 fully saturated rings. The number of piperidine rings is 1. The van der Waals surface area contributed by atoms with E-state index in [9.17, 15) is 9.59 Å². The number of hydrogen-bond donors (Lipinski definition) is 2. The number of pyridine rings is 1. The summed E-state index contributed by atoms with van der Waals surface area (Å²) >= 11 is 0. The molecule has 0 aromatic carbocycles. The first-order chi connectivity index (χ1) is 11.7. The highest BCUT2D eigenvalue weighted by Crippen LogP contribution is 2.27. The molecule has 8 nitrogen and oxygen atoms in total. The zero-order valence-corrected chi connectivity index (χ0v) is 13.0. The van der Waals surface area contributed by atoms with Crippen LogP contribution in [-0.2, 0) is 4.79 Å². The molecular weight excluding hydrogens is 308 g/mol. The van der Waals surface area contributed by atoms with Crippen molar-refractivity contribution < 1.29 is 4.79 Å². The molecule has 0 saturated carbocycles. The minimum absolute atomic E-state index is 0.108. The van der Waals surface area contributed by atoms with Crippen molar-refractivity contribution in [1.29, 1.82) is 5.26 Å². The second kappa shape index (κ2) is 5.53. The molecule has 0 radical (unpaired) electrons. The Morgan fingerprint density at radius 3 is 3.21 bits per heavy atom. The van der Waals surface area contributed by atoms with Crippen LogP contribution in [0.15, 0.2) is 23.3 Å². The number of hydrogen-bond acceptors (Lipinski definition) is 4. The van der Waals surface area contributed by atoms with Gasteiger partial charge in [0.15, 0.2) is 0 Å². The number of carbonyl (C=O) groups excluding carboxylic acids is 1.